The van der Waals surface area contributed by atoms with E-state index in [0.717, 1.165) is 29.8 Å². The number of rotatable bonds is 8. The summed E-state index contributed by atoms with van der Waals surface area (Å²) in [4.78, 5) is 31.4. The molecule has 0 aliphatic heterocycles. The molecule has 2 rings (SSSR count). The summed E-state index contributed by atoms with van der Waals surface area (Å²) < 4.78 is 0. The first-order valence-corrected chi connectivity index (χ1v) is 9.60. The summed E-state index contributed by atoms with van der Waals surface area (Å²) >= 11 is 0. The van der Waals surface area contributed by atoms with Crippen molar-refractivity contribution >= 4 is 17.5 Å². The smallest absolute Gasteiger partial charge is 0.274 e. The highest BCUT2D eigenvalue weighted by Crippen LogP contribution is 2.27. The van der Waals surface area contributed by atoms with Crippen molar-refractivity contribution in [3.8, 4) is 0 Å². The molecule has 0 spiro atoms. The lowest BCUT2D eigenvalue weighted by Gasteiger charge is -2.16. The molecule has 2 amide bonds. The first-order valence-electron chi connectivity index (χ1n) is 9.60. The normalized spacial score (nSPS) is 11.0. The largest absolute Gasteiger partial charge is 0.351 e. The molecule has 6 nitrogen and oxygen atoms in total. The second-order valence-electron chi connectivity index (χ2n) is 7.47. The Labute approximate surface area is 167 Å². The fourth-order valence-electron chi connectivity index (χ4n) is 2.90. The quantitative estimate of drug-likeness (QED) is 0.686. The van der Waals surface area contributed by atoms with E-state index in [1.165, 1.54) is 0 Å². The molecule has 2 N–H and O–H groups in total. The minimum atomic E-state index is -0.321. The van der Waals surface area contributed by atoms with Crippen molar-refractivity contribution < 1.29 is 9.59 Å². The van der Waals surface area contributed by atoms with Gasteiger partial charge in [-0.2, -0.15) is 0 Å². The molecular weight excluding hydrogens is 352 g/mol. The summed E-state index contributed by atoms with van der Waals surface area (Å²) in [6.07, 6.45) is 0.851. The Hall–Kier alpha value is -2.73. The van der Waals surface area contributed by atoms with E-state index in [0.29, 0.717) is 6.54 Å². The van der Waals surface area contributed by atoms with Crippen molar-refractivity contribution in [3.63, 3.8) is 0 Å². The van der Waals surface area contributed by atoms with Crippen LogP contribution >= 0.6 is 0 Å². The number of pyridine rings is 1. The van der Waals surface area contributed by atoms with E-state index in [1.54, 1.807) is 18.2 Å². The van der Waals surface area contributed by atoms with Gasteiger partial charge in [0.15, 0.2) is 0 Å². The number of hydrogen-bond donors (Lipinski definition) is 2. The van der Waals surface area contributed by atoms with E-state index in [4.69, 9.17) is 0 Å². The van der Waals surface area contributed by atoms with Crippen LogP contribution in [0.2, 0.25) is 0 Å². The molecule has 0 atom stereocenters. The van der Waals surface area contributed by atoms with Gasteiger partial charge in [-0.1, -0.05) is 38.1 Å². The number of amides is 2. The highest BCUT2D eigenvalue weighted by Gasteiger charge is 2.16. The Morgan fingerprint density at radius 2 is 1.68 bits per heavy atom. The minimum absolute atomic E-state index is 0.221. The van der Waals surface area contributed by atoms with Gasteiger partial charge < -0.3 is 15.5 Å². The van der Waals surface area contributed by atoms with Crippen LogP contribution in [0.25, 0.3) is 0 Å². The van der Waals surface area contributed by atoms with E-state index in [1.807, 2.05) is 39.2 Å². The van der Waals surface area contributed by atoms with Gasteiger partial charge in [0.25, 0.3) is 11.8 Å². The average molecular weight is 383 g/mol. The van der Waals surface area contributed by atoms with E-state index in [9.17, 15) is 9.59 Å². The lowest BCUT2D eigenvalue weighted by molar-refractivity contribution is 0.0947. The number of aryl methyl sites for hydroxylation is 1. The van der Waals surface area contributed by atoms with Crippen LogP contribution < -0.4 is 10.6 Å². The minimum Gasteiger partial charge on any atom is -0.351 e. The molecule has 0 fully saturated rings. The molecule has 1 aromatic carbocycles. The average Bonchev–Trinajstić information content (AvgIpc) is 2.66. The molecule has 0 aliphatic carbocycles. The maximum absolute atomic E-state index is 12.7. The lowest BCUT2D eigenvalue weighted by atomic mass is 9.98. The summed E-state index contributed by atoms with van der Waals surface area (Å²) in [5.41, 5.74) is 3.34. The van der Waals surface area contributed by atoms with E-state index >= 15 is 0 Å². The maximum Gasteiger partial charge on any atom is 0.274 e. The number of para-hydroxylation sites is 1. The van der Waals surface area contributed by atoms with Crippen molar-refractivity contribution in [1.82, 2.24) is 15.2 Å². The molecule has 28 heavy (non-hydrogen) atoms. The van der Waals surface area contributed by atoms with Gasteiger partial charge in [-0.3, -0.25) is 9.59 Å². The summed E-state index contributed by atoms with van der Waals surface area (Å²) in [5.74, 6) is -0.312. The lowest BCUT2D eigenvalue weighted by Crippen LogP contribution is -2.28. The van der Waals surface area contributed by atoms with Gasteiger partial charge >= 0.3 is 0 Å². The highest BCUT2D eigenvalue weighted by molar-refractivity contribution is 6.04. The van der Waals surface area contributed by atoms with E-state index < -0.39 is 0 Å². The number of hydrogen-bond acceptors (Lipinski definition) is 4. The molecule has 6 heteroatoms. The van der Waals surface area contributed by atoms with E-state index in [2.05, 4.69) is 34.4 Å². The van der Waals surface area contributed by atoms with Gasteiger partial charge in [0.2, 0.25) is 0 Å². The fraction of sp³-hybridized carbons (Fsp3) is 0.409. The number of anilines is 1. The van der Waals surface area contributed by atoms with Crippen molar-refractivity contribution in [2.45, 2.75) is 33.1 Å². The zero-order chi connectivity index (χ0) is 20.7. The topological polar surface area (TPSA) is 74.3 Å². The van der Waals surface area contributed by atoms with Gasteiger partial charge in [-0.15, -0.1) is 0 Å². The van der Waals surface area contributed by atoms with Gasteiger partial charge in [0.1, 0.15) is 11.4 Å². The third-order valence-electron chi connectivity index (χ3n) is 4.45. The molecule has 1 heterocycles. The zero-order valence-electron chi connectivity index (χ0n) is 17.4. The van der Waals surface area contributed by atoms with Crippen molar-refractivity contribution in [2.24, 2.45) is 0 Å². The number of carbonyl (C=O) groups is 2. The van der Waals surface area contributed by atoms with Gasteiger partial charge in [-0.25, -0.2) is 4.98 Å². The summed E-state index contributed by atoms with van der Waals surface area (Å²) in [5, 5.41) is 5.81. The summed E-state index contributed by atoms with van der Waals surface area (Å²) in [7, 11) is 3.98. The third kappa shape index (κ3) is 5.89. The Bertz CT molecular complexity index is 831. The molecule has 2 aromatic rings. The number of nitrogens with one attached hydrogen (secondary N) is 2. The molecule has 0 bridgehead atoms. The second kappa shape index (κ2) is 9.99. The van der Waals surface area contributed by atoms with Crippen LogP contribution in [-0.4, -0.2) is 48.9 Å². The van der Waals surface area contributed by atoms with Gasteiger partial charge in [0, 0.05) is 12.2 Å². The third-order valence-corrected chi connectivity index (χ3v) is 4.45. The predicted molar refractivity (Wildman–Crippen MR) is 113 cm³/mol. The summed E-state index contributed by atoms with van der Waals surface area (Å²) in [6.45, 7) is 7.60. The number of carbonyl (C=O) groups excluding carboxylic acids is 2. The first kappa shape index (κ1) is 21.6. The SMILES string of the molecule is Cc1cccc(C(C)C)c1NC(=O)c1cccc(C(=O)NCCCN(C)C)n1. The predicted octanol–water partition coefficient (Wildman–Crippen LogP) is 3.45. The van der Waals surface area contributed by atoms with Crippen LogP contribution in [0.1, 0.15) is 58.3 Å². The van der Waals surface area contributed by atoms with Crippen LogP contribution in [-0.2, 0) is 0 Å². The number of aromatic nitrogens is 1. The highest BCUT2D eigenvalue weighted by atomic mass is 16.2. The second-order valence-corrected chi connectivity index (χ2v) is 7.47. The summed E-state index contributed by atoms with van der Waals surface area (Å²) in [6, 6.07) is 10.9. The Morgan fingerprint density at radius 3 is 2.32 bits per heavy atom. The first-order chi connectivity index (χ1) is 13.3. The number of benzene rings is 1. The molecule has 150 valence electrons. The van der Waals surface area contributed by atoms with Crippen molar-refractivity contribution in [2.75, 3.05) is 32.5 Å². The Kier molecular flexibility index (Phi) is 7.70. The maximum atomic E-state index is 12.7. The molecule has 1 aromatic heterocycles. The molecule has 0 aliphatic rings. The van der Waals surface area contributed by atoms with Crippen molar-refractivity contribution in [1.29, 1.82) is 0 Å². The van der Waals surface area contributed by atoms with Crippen molar-refractivity contribution in [3.05, 3.63) is 58.9 Å². The van der Waals surface area contributed by atoms with Crippen LogP contribution in [0.15, 0.2) is 36.4 Å². The van der Waals surface area contributed by atoms with Crippen LogP contribution in [0.3, 0.4) is 0 Å². The van der Waals surface area contributed by atoms with Crippen LogP contribution in [0.4, 0.5) is 5.69 Å². The molecular formula is C22H30N4O2. The monoisotopic (exact) mass is 382 g/mol. The van der Waals surface area contributed by atoms with Gasteiger partial charge in [-0.05, 0) is 63.2 Å². The molecule has 0 unspecified atom stereocenters. The Morgan fingerprint density at radius 1 is 1.04 bits per heavy atom. The fourth-order valence-corrected chi connectivity index (χ4v) is 2.90. The van der Waals surface area contributed by atoms with Crippen LogP contribution in [0, 0.1) is 6.92 Å². The Balaban J connectivity index is 2.10. The standard InChI is InChI=1S/C22H30N4O2/c1-15(2)17-10-6-9-16(3)20(17)25-22(28)19-12-7-11-18(24-19)21(27)23-13-8-14-26(4)5/h6-7,9-12,15H,8,13-14H2,1-5H3,(H,23,27)(H,25,28). The molecule has 0 radical (unpaired) electrons. The molecule has 0 saturated carbocycles. The van der Waals surface area contributed by atoms with Gasteiger partial charge in [0.05, 0.1) is 0 Å². The number of nitrogens with zero attached hydrogens (tertiary/aromatic N) is 2. The van der Waals surface area contributed by atoms with E-state index in [-0.39, 0.29) is 29.1 Å². The molecule has 0 saturated heterocycles. The van der Waals surface area contributed by atoms with Crippen LogP contribution in [0.5, 0.6) is 0 Å². The zero-order valence-corrected chi connectivity index (χ0v) is 17.4.